The molecule has 5 heteroatoms. The molecule has 0 amide bonds. The van der Waals surface area contributed by atoms with Crippen molar-refractivity contribution in [2.75, 3.05) is 14.2 Å². The molecule has 19 heavy (non-hydrogen) atoms. The highest BCUT2D eigenvalue weighted by Gasteiger charge is 2.19. The summed E-state index contributed by atoms with van der Waals surface area (Å²) in [4.78, 5) is 4.28. The topological polar surface area (TPSA) is 57.4 Å². The maximum absolute atomic E-state index is 6.25. The van der Waals surface area contributed by atoms with Crippen LogP contribution >= 0.6 is 15.9 Å². The summed E-state index contributed by atoms with van der Waals surface area (Å²) < 4.78 is 11.4. The summed E-state index contributed by atoms with van der Waals surface area (Å²) in [6, 6.07) is 9.05. The highest BCUT2D eigenvalue weighted by molar-refractivity contribution is 9.10. The molecule has 0 radical (unpaired) electrons. The van der Waals surface area contributed by atoms with E-state index < -0.39 is 0 Å². The van der Waals surface area contributed by atoms with Crippen molar-refractivity contribution in [1.29, 1.82) is 0 Å². The molecule has 1 unspecified atom stereocenters. The number of ether oxygens (including phenoxy) is 2. The summed E-state index contributed by atoms with van der Waals surface area (Å²) in [7, 11) is 3.21. The Morgan fingerprint density at radius 1 is 1.16 bits per heavy atom. The quantitative estimate of drug-likeness (QED) is 0.940. The molecule has 0 aliphatic heterocycles. The first-order valence-electron chi connectivity index (χ1n) is 5.76. The number of rotatable bonds is 4. The molecule has 0 bridgehead atoms. The summed E-state index contributed by atoms with van der Waals surface area (Å²) in [6.45, 7) is 0. The van der Waals surface area contributed by atoms with E-state index in [-0.39, 0.29) is 6.04 Å². The Morgan fingerprint density at radius 3 is 2.53 bits per heavy atom. The average Bonchev–Trinajstić information content (AvgIpc) is 2.47. The van der Waals surface area contributed by atoms with Gasteiger partial charge in [-0.2, -0.15) is 0 Å². The van der Waals surface area contributed by atoms with E-state index >= 15 is 0 Å². The van der Waals surface area contributed by atoms with Gasteiger partial charge in [-0.25, -0.2) is 0 Å². The number of nitrogens with two attached hydrogens (primary N) is 1. The number of nitrogens with zero attached hydrogens (tertiary/aromatic N) is 1. The smallest absolute Gasteiger partial charge is 0.141 e. The van der Waals surface area contributed by atoms with Crippen LogP contribution in [0.4, 0.5) is 0 Å². The van der Waals surface area contributed by atoms with Crippen LogP contribution in [0.1, 0.15) is 17.3 Å². The zero-order chi connectivity index (χ0) is 13.8. The maximum Gasteiger partial charge on any atom is 0.141 e. The Balaban J connectivity index is 2.48. The van der Waals surface area contributed by atoms with Crippen molar-refractivity contribution in [2.24, 2.45) is 5.73 Å². The number of aromatic nitrogens is 1. The minimum atomic E-state index is -0.349. The molecule has 0 fully saturated rings. The van der Waals surface area contributed by atoms with Crippen molar-refractivity contribution >= 4 is 15.9 Å². The standard InChI is InChI=1S/C14H15BrN2O2/c1-18-11-7-6-9(14(19-2)12(11)15)13(16)10-5-3-4-8-17-10/h3-8,13H,16H2,1-2H3. The van der Waals surface area contributed by atoms with Crippen molar-refractivity contribution in [3.8, 4) is 11.5 Å². The molecular formula is C14H15BrN2O2. The number of methoxy groups -OCH3 is 2. The lowest BCUT2D eigenvalue weighted by Crippen LogP contribution is -2.14. The number of halogens is 1. The van der Waals surface area contributed by atoms with Crippen LogP contribution in [0.2, 0.25) is 0 Å². The third-order valence-electron chi connectivity index (χ3n) is 2.86. The van der Waals surface area contributed by atoms with Crippen LogP contribution in [-0.4, -0.2) is 19.2 Å². The van der Waals surface area contributed by atoms with Crippen LogP contribution in [0, 0.1) is 0 Å². The van der Waals surface area contributed by atoms with Gasteiger partial charge in [0, 0.05) is 11.8 Å². The predicted molar refractivity (Wildman–Crippen MR) is 77.5 cm³/mol. The molecule has 0 aliphatic carbocycles. The monoisotopic (exact) mass is 322 g/mol. The van der Waals surface area contributed by atoms with E-state index in [2.05, 4.69) is 20.9 Å². The third kappa shape index (κ3) is 2.72. The van der Waals surface area contributed by atoms with Gasteiger partial charge in [0.25, 0.3) is 0 Å². The van der Waals surface area contributed by atoms with Crippen LogP contribution in [0.25, 0.3) is 0 Å². The van der Waals surface area contributed by atoms with Crippen LogP contribution in [0.5, 0.6) is 11.5 Å². The Hall–Kier alpha value is -1.59. The van der Waals surface area contributed by atoms with E-state index in [1.54, 1.807) is 20.4 Å². The summed E-state index contributed by atoms with van der Waals surface area (Å²) in [6.07, 6.45) is 1.72. The molecular weight excluding hydrogens is 308 g/mol. The average molecular weight is 323 g/mol. The molecule has 2 rings (SSSR count). The second-order valence-electron chi connectivity index (χ2n) is 3.94. The second-order valence-corrected chi connectivity index (χ2v) is 4.73. The number of hydrogen-bond donors (Lipinski definition) is 1. The van der Waals surface area contributed by atoms with Gasteiger partial charge in [0.1, 0.15) is 16.0 Å². The minimum absolute atomic E-state index is 0.349. The van der Waals surface area contributed by atoms with Gasteiger partial charge < -0.3 is 15.2 Å². The van der Waals surface area contributed by atoms with Crippen molar-refractivity contribution in [3.63, 3.8) is 0 Å². The van der Waals surface area contributed by atoms with Gasteiger partial charge in [0.2, 0.25) is 0 Å². The van der Waals surface area contributed by atoms with Crippen molar-refractivity contribution in [2.45, 2.75) is 6.04 Å². The summed E-state index contributed by atoms with van der Waals surface area (Å²) in [5.74, 6) is 1.37. The molecule has 100 valence electrons. The minimum Gasteiger partial charge on any atom is -0.495 e. The normalized spacial score (nSPS) is 12.0. The molecule has 2 N–H and O–H groups in total. The van der Waals surface area contributed by atoms with Crippen LogP contribution in [0.15, 0.2) is 41.0 Å². The molecule has 2 aromatic rings. The summed E-state index contributed by atoms with van der Waals surface area (Å²) in [5.41, 5.74) is 7.89. The van der Waals surface area contributed by atoms with Gasteiger partial charge in [0.05, 0.1) is 26.0 Å². The fourth-order valence-corrected chi connectivity index (χ4v) is 2.57. The Labute approximate surface area is 120 Å². The summed E-state index contributed by atoms with van der Waals surface area (Å²) in [5, 5.41) is 0. The van der Waals surface area contributed by atoms with Crippen LogP contribution in [0.3, 0.4) is 0 Å². The molecule has 1 atom stereocenters. The maximum atomic E-state index is 6.25. The first-order chi connectivity index (χ1) is 9.19. The molecule has 1 heterocycles. The Morgan fingerprint density at radius 2 is 1.95 bits per heavy atom. The lowest BCUT2D eigenvalue weighted by Gasteiger charge is -2.18. The number of hydrogen-bond acceptors (Lipinski definition) is 4. The molecule has 0 saturated heterocycles. The molecule has 0 spiro atoms. The van der Waals surface area contributed by atoms with Gasteiger partial charge >= 0.3 is 0 Å². The van der Waals surface area contributed by atoms with E-state index in [1.165, 1.54) is 0 Å². The first kappa shape index (κ1) is 13.8. The van der Waals surface area contributed by atoms with Crippen LogP contribution < -0.4 is 15.2 Å². The fraction of sp³-hybridized carbons (Fsp3) is 0.214. The van der Waals surface area contributed by atoms with E-state index in [9.17, 15) is 0 Å². The highest BCUT2D eigenvalue weighted by atomic mass is 79.9. The zero-order valence-electron chi connectivity index (χ0n) is 10.8. The molecule has 0 saturated carbocycles. The van der Waals surface area contributed by atoms with E-state index in [0.29, 0.717) is 11.5 Å². The molecule has 0 aliphatic rings. The first-order valence-corrected chi connectivity index (χ1v) is 6.55. The lowest BCUT2D eigenvalue weighted by molar-refractivity contribution is 0.385. The highest BCUT2D eigenvalue weighted by Crippen LogP contribution is 2.40. The van der Waals surface area contributed by atoms with Crippen LogP contribution in [-0.2, 0) is 0 Å². The van der Waals surface area contributed by atoms with E-state index in [1.807, 2.05) is 30.3 Å². The van der Waals surface area contributed by atoms with Gasteiger partial charge in [-0.3, -0.25) is 4.98 Å². The Kier molecular flexibility index (Phi) is 4.39. The third-order valence-corrected chi connectivity index (χ3v) is 3.61. The van der Waals surface area contributed by atoms with Crippen molar-refractivity contribution in [3.05, 3.63) is 52.3 Å². The van der Waals surface area contributed by atoms with E-state index in [4.69, 9.17) is 15.2 Å². The molecule has 4 nitrogen and oxygen atoms in total. The molecule has 1 aromatic carbocycles. The fourth-order valence-electron chi connectivity index (χ4n) is 1.88. The van der Waals surface area contributed by atoms with Gasteiger partial charge in [-0.15, -0.1) is 0 Å². The van der Waals surface area contributed by atoms with Crippen molar-refractivity contribution in [1.82, 2.24) is 4.98 Å². The van der Waals surface area contributed by atoms with Gasteiger partial charge in [-0.1, -0.05) is 6.07 Å². The Bertz CT molecular complexity index is 561. The molecule has 1 aromatic heterocycles. The number of benzene rings is 1. The lowest BCUT2D eigenvalue weighted by atomic mass is 10.0. The van der Waals surface area contributed by atoms with Gasteiger partial charge in [0.15, 0.2) is 0 Å². The largest absolute Gasteiger partial charge is 0.495 e. The van der Waals surface area contributed by atoms with E-state index in [0.717, 1.165) is 15.7 Å². The summed E-state index contributed by atoms with van der Waals surface area (Å²) >= 11 is 3.47. The second kappa shape index (κ2) is 6.04. The van der Waals surface area contributed by atoms with Crippen molar-refractivity contribution < 1.29 is 9.47 Å². The van der Waals surface area contributed by atoms with Gasteiger partial charge in [-0.05, 0) is 40.2 Å². The SMILES string of the molecule is COc1ccc(C(N)c2ccccn2)c(OC)c1Br. The number of pyridine rings is 1. The predicted octanol–water partition coefficient (Wildman–Crippen LogP) is 2.91. The zero-order valence-corrected chi connectivity index (χ0v) is 12.3.